The van der Waals surface area contributed by atoms with Gasteiger partial charge in [0, 0.05) is 25.7 Å². The molecule has 1 fully saturated rings. The van der Waals surface area contributed by atoms with Crippen LogP contribution in [0.5, 0.6) is 0 Å². The first-order chi connectivity index (χ1) is 11.8. The lowest BCUT2D eigenvalue weighted by atomic mass is 9.95. The van der Waals surface area contributed by atoms with Crippen molar-refractivity contribution < 1.29 is 4.79 Å². The molecule has 1 amide bonds. The molecule has 1 aromatic carbocycles. The van der Waals surface area contributed by atoms with E-state index in [1.807, 2.05) is 12.1 Å². The zero-order valence-electron chi connectivity index (χ0n) is 14.5. The van der Waals surface area contributed by atoms with Gasteiger partial charge in [-0.3, -0.25) is 4.79 Å². The van der Waals surface area contributed by atoms with Gasteiger partial charge < -0.3 is 16.0 Å². The SMILES string of the molecule is O=C(NCCCCNCCNC1CCCCC1)c1ccccc1Cl. The van der Waals surface area contributed by atoms with E-state index in [0.29, 0.717) is 17.1 Å². The highest BCUT2D eigenvalue weighted by atomic mass is 35.5. The maximum Gasteiger partial charge on any atom is 0.252 e. The lowest BCUT2D eigenvalue weighted by molar-refractivity contribution is 0.0953. The Hall–Kier alpha value is -1.10. The Kier molecular flexibility index (Phi) is 9.18. The van der Waals surface area contributed by atoms with E-state index in [1.54, 1.807) is 12.1 Å². The van der Waals surface area contributed by atoms with Gasteiger partial charge in [-0.15, -0.1) is 0 Å². The van der Waals surface area contributed by atoms with Crippen molar-refractivity contribution in [3.05, 3.63) is 34.9 Å². The zero-order valence-corrected chi connectivity index (χ0v) is 15.2. The summed E-state index contributed by atoms with van der Waals surface area (Å²) in [7, 11) is 0. The van der Waals surface area contributed by atoms with Gasteiger partial charge in [0.05, 0.1) is 10.6 Å². The fourth-order valence-electron chi connectivity index (χ4n) is 3.11. The normalized spacial score (nSPS) is 15.4. The monoisotopic (exact) mass is 351 g/mol. The quantitative estimate of drug-likeness (QED) is 0.566. The van der Waals surface area contributed by atoms with E-state index < -0.39 is 0 Å². The van der Waals surface area contributed by atoms with E-state index in [0.717, 1.165) is 38.5 Å². The van der Waals surface area contributed by atoms with Crippen molar-refractivity contribution in [3.63, 3.8) is 0 Å². The van der Waals surface area contributed by atoms with Crippen LogP contribution in [0.15, 0.2) is 24.3 Å². The molecule has 2 rings (SSSR count). The highest BCUT2D eigenvalue weighted by Crippen LogP contribution is 2.17. The number of unbranched alkanes of at least 4 members (excludes halogenated alkanes) is 1. The Balaban J connectivity index is 1.43. The first-order valence-electron chi connectivity index (χ1n) is 9.24. The van der Waals surface area contributed by atoms with Gasteiger partial charge >= 0.3 is 0 Å². The third-order valence-electron chi connectivity index (χ3n) is 4.52. The number of amides is 1. The van der Waals surface area contributed by atoms with Crippen LogP contribution >= 0.6 is 11.6 Å². The molecule has 1 aromatic rings. The summed E-state index contributed by atoms with van der Waals surface area (Å²) < 4.78 is 0. The molecule has 134 valence electrons. The van der Waals surface area contributed by atoms with E-state index in [2.05, 4.69) is 16.0 Å². The lowest BCUT2D eigenvalue weighted by Crippen LogP contribution is -2.36. The lowest BCUT2D eigenvalue weighted by Gasteiger charge is -2.22. The average Bonchev–Trinajstić information content (AvgIpc) is 2.61. The average molecular weight is 352 g/mol. The molecule has 0 atom stereocenters. The Bertz CT molecular complexity index is 489. The molecule has 0 unspecified atom stereocenters. The van der Waals surface area contributed by atoms with Crippen molar-refractivity contribution in [1.29, 1.82) is 0 Å². The van der Waals surface area contributed by atoms with Crippen LogP contribution < -0.4 is 16.0 Å². The van der Waals surface area contributed by atoms with Crippen LogP contribution in [-0.4, -0.2) is 38.1 Å². The highest BCUT2D eigenvalue weighted by Gasteiger charge is 2.11. The minimum Gasteiger partial charge on any atom is -0.352 e. The molecule has 0 heterocycles. The second-order valence-electron chi connectivity index (χ2n) is 6.48. The highest BCUT2D eigenvalue weighted by molar-refractivity contribution is 6.33. The van der Waals surface area contributed by atoms with Crippen LogP contribution in [0.3, 0.4) is 0 Å². The molecule has 4 nitrogen and oxygen atoms in total. The fourth-order valence-corrected chi connectivity index (χ4v) is 3.34. The van der Waals surface area contributed by atoms with Crippen molar-refractivity contribution >= 4 is 17.5 Å². The van der Waals surface area contributed by atoms with Gasteiger partial charge in [0.2, 0.25) is 0 Å². The van der Waals surface area contributed by atoms with Gasteiger partial charge in [0.15, 0.2) is 0 Å². The van der Waals surface area contributed by atoms with Crippen LogP contribution in [0.1, 0.15) is 55.3 Å². The third kappa shape index (κ3) is 7.20. The first kappa shape index (κ1) is 19.2. The van der Waals surface area contributed by atoms with Crippen LogP contribution in [0.25, 0.3) is 0 Å². The maximum absolute atomic E-state index is 12.0. The molecule has 0 spiro atoms. The van der Waals surface area contributed by atoms with Gasteiger partial charge in [0.1, 0.15) is 0 Å². The number of halogens is 1. The first-order valence-corrected chi connectivity index (χ1v) is 9.62. The predicted molar refractivity (Wildman–Crippen MR) is 101 cm³/mol. The molecule has 24 heavy (non-hydrogen) atoms. The molecular formula is C19H30ClN3O. The van der Waals surface area contributed by atoms with Crippen LogP contribution in [-0.2, 0) is 0 Å². The van der Waals surface area contributed by atoms with E-state index in [-0.39, 0.29) is 5.91 Å². The van der Waals surface area contributed by atoms with Crippen molar-refractivity contribution in [1.82, 2.24) is 16.0 Å². The number of hydrogen-bond acceptors (Lipinski definition) is 3. The molecule has 1 saturated carbocycles. The second kappa shape index (κ2) is 11.5. The Morgan fingerprint density at radius 3 is 2.54 bits per heavy atom. The number of carbonyl (C=O) groups excluding carboxylic acids is 1. The number of hydrogen-bond donors (Lipinski definition) is 3. The summed E-state index contributed by atoms with van der Waals surface area (Å²) in [6, 6.07) is 7.88. The number of nitrogens with one attached hydrogen (secondary N) is 3. The number of benzene rings is 1. The van der Waals surface area contributed by atoms with E-state index >= 15 is 0 Å². The molecule has 0 aromatic heterocycles. The van der Waals surface area contributed by atoms with Gasteiger partial charge in [-0.2, -0.15) is 0 Å². The van der Waals surface area contributed by atoms with Crippen molar-refractivity contribution in [2.45, 2.75) is 51.0 Å². The second-order valence-corrected chi connectivity index (χ2v) is 6.89. The standard InChI is InChI=1S/C19H30ClN3O/c20-18-11-5-4-10-17(18)19(24)23-13-7-6-12-21-14-15-22-16-8-2-1-3-9-16/h4-5,10-11,16,21-22H,1-3,6-9,12-15H2,(H,23,24). The summed E-state index contributed by atoms with van der Waals surface area (Å²) in [5.41, 5.74) is 0.547. The molecule has 0 aliphatic heterocycles. The molecule has 0 saturated heterocycles. The largest absolute Gasteiger partial charge is 0.352 e. The Morgan fingerprint density at radius 1 is 1.00 bits per heavy atom. The summed E-state index contributed by atoms with van der Waals surface area (Å²) in [6.45, 7) is 3.75. The molecule has 5 heteroatoms. The molecule has 0 bridgehead atoms. The minimum atomic E-state index is -0.0924. The number of carbonyl (C=O) groups is 1. The van der Waals surface area contributed by atoms with Gasteiger partial charge in [-0.1, -0.05) is 43.0 Å². The van der Waals surface area contributed by atoms with Crippen LogP contribution in [0.2, 0.25) is 5.02 Å². The summed E-state index contributed by atoms with van der Waals surface area (Å²) in [5.74, 6) is -0.0924. The molecular weight excluding hydrogens is 322 g/mol. The summed E-state index contributed by atoms with van der Waals surface area (Å²) in [4.78, 5) is 12.0. The van der Waals surface area contributed by atoms with Gasteiger partial charge in [-0.25, -0.2) is 0 Å². The smallest absolute Gasteiger partial charge is 0.252 e. The van der Waals surface area contributed by atoms with Crippen molar-refractivity contribution in [2.24, 2.45) is 0 Å². The summed E-state index contributed by atoms with van der Waals surface area (Å²) >= 11 is 6.01. The zero-order chi connectivity index (χ0) is 17.0. The van der Waals surface area contributed by atoms with Crippen LogP contribution in [0.4, 0.5) is 0 Å². The topological polar surface area (TPSA) is 53.2 Å². The van der Waals surface area contributed by atoms with Crippen LogP contribution in [0, 0.1) is 0 Å². The Labute approximate surface area is 150 Å². The summed E-state index contributed by atoms with van der Waals surface area (Å²) in [5, 5.41) is 10.5. The molecule has 1 aliphatic carbocycles. The van der Waals surface area contributed by atoms with Crippen molar-refractivity contribution in [2.75, 3.05) is 26.2 Å². The Morgan fingerprint density at radius 2 is 1.75 bits per heavy atom. The van der Waals surface area contributed by atoms with Crippen molar-refractivity contribution in [3.8, 4) is 0 Å². The maximum atomic E-state index is 12.0. The molecule has 3 N–H and O–H groups in total. The molecule has 0 radical (unpaired) electrons. The van der Waals surface area contributed by atoms with E-state index in [9.17, 15) is 4.79 Å². The number of rotatable bonds is 10. The van der Waals surface area contributed by atoms with E-state index in [4.69, 9.17) is 11.6 Å². The fraction of sp³-hybridized carbons (Fsp3) is 0.632. The van der Waals surface area contributed by atoms with Gasteiger partial charge in [0.25, 0.3) is 5.91 Å². The predicted octanol–water partition coefficient (Wildman–Crippen LogP) is 3.36. The van der Waals surface area contributed by atoms with E-state index in [1.165, 1.54) is 32.1 Å². The minimum absolute atomic E-state index is 0.0924. The third-order valence-corrected chi connectivity index (χ3v) is 4.85. The molecule has 1 aliphatic rings. The summed E-state index contributed by atoms with van der Waals surface area (Å²) in [6.07, 6.45) is 8.88. The van der Waals surface area contributed by atoms with Gasteiger partial charge in [-0.05, 0) is 44.4 Å².